The first-order valence-electron chi connectivity index (χ1n) is 6.25. The molecule has 0 bridgehead atoms. The minimum atomic E-state index is 0.230. The summed E-state index contributed by atoms with van der Waals surface area (Å²) in [5.74, 6) is 0. The van der Waals surface area contributed by atoms with E-state index in [1.54, 1.807) is 0 Å². The summed E-state index contributed by atoms with van der Waals surface area (Å²) >= 11 is 0. The molecule has 1 N–H and O–H groups in total. The molecule has 0 aliphatic carbocycles. The molecule has 3 nitrogen and oxygen atoms in total. The Morgan fingerprint density at radius 3 is 2.93 bits per heavy atom. The minimum Gasteiger partial charge on any atom is -0.379 e. The second-order valence-electron chi connectivity index (χ2n) is 4.28. The van der Waals surface area contributed by atoms with E-state index in [9.17, 15) is 0 Å². The van der Waals surface area contributed by atoms with Crippen molar-refractivity contribution in [3.63, 3.8) is 0 Å². The summed E-state index contributed by atoms with van der Waals surface area (Å²) in [5, 5.41) is 3.52. The molecule has 1 saturated heterocycles. The van der Waals surface area contributed by atoms with Crippen LogP contribution in [0, 0.1) is 0 Å². The smallest absolute Gasteiger partial charge is 0.0780 e. The zero-order valence-corrected chi connectivity index (χ0v) is 10.1. The van der Waals surface area contributed by atoms with E-state index in [1.807, 2.05) is 6.92 Å². The molecule has 2 unspecified atom stereocenters. The van der Waals surface area contributed by atoms with Crippen molar-refractivity contribution in [1.82, 2.24) is 5.32 Å². The van der Waals surface area contributed by atoms with Gasteiger partial charge in [0.15, 0.2) is 0 Å². The van der Waals surface area contributed by atoms with E-state index in [0.29, 0.717) is 12.6 Å². The highest BCUT2D eigenvalue weighted by molar-refractivity contribution is 4.71. The zero-order valence-electron chi connectivity index (χ0n) is 10.1. The topological polar surface area (TPSA) is 30.5 Å². The summed E-state index contributed by atoms with van der Waals surface area (Å²) in [6.07, 6.45) is 5.37. The van der Waals surface area contributed by atoms with Gasteiger partial charge in [-0.2, -0.15) is 0 Å². The third-order valence-electron chi connectivity index (χ3n) is 2.84. The fourth-order valence-electron chi connectivity index (χ4n) is 1.91. The lowest BCUT2D eigenvalue weighted by Crippen LogP contribution is -2.35. The molecule has 1 aliphatic heterocycles. The van der Waals surface area contributed by atoms with E-state index in [-0.39, 0.29) is 6.10 Å². The maximum absolute atomic E-state index is 5.68. The molecule has 15 heavy (non-hydrogen) atoms. The van der Waals surface area contributed by atoms with Crippen molar-refractivity contribution in [3.8, 4) is 0 Å². The Morgan fingerprint density at radius 2 is 2.27 bits per heavy atom. The molecule has 0 spiro atoms. The van der Waals surface area contributed by atoms with Crippen LogP contribution in [-0.2, 0) is 9.47 Å². The minimum absolute atomic E-state index is 0.230. The van der Waals surface area contributed by atoms with E-state index in [4.69, 9.17) is 9.47 Å². The highest BCUT2D eigenvalue weighted by Gasteiger charge is 2.12. The Hall–Kier alpha value is -0.120. The standard InChI is InChI=1S/C12H25NO2/c1-3-14-10-11(2)15-9-7-12-6-4-5-8-13-12/h11-13H,3-10H2,1-2H3. The van der Waals surface area contributed by atoms with Crippen LogP contribution >= 0.6 is 0 Å². The third-order valence-corrected chi connectivity index (χ3v) is 2.84. The van der Waals surface area contributed by atoms with Gasteiger partial charge in [0.05, 0.1) is 12.7 Å². The summed E-state index contributed by atoms with van der Waals surface area (Å²) in [4.78, 5) is 0. The molecule has 0 saturated carbocycles. The summed E-state index contributed by atoms with van der Waals surface area (Å²) in [6, 6.07) is 0.679. The van der Waals surface area contributed by atoms with Crippen LogP contribution in [0.25, 0.3) is 0 Å². The predicted molar refractivity (Wildman–Crippen MR) is 62.2 cm³/mol. The first kappa shape index (κ1) is 12.9. The monoisotopic (exact) mass is 215 g/mol. The number of hydrogen-bond donors (Lipinski definition) is 1. The molecule has 1 rings (SSSR count). The van der Waals surface area contributed by atoms with Crippen LogP contribution in [0.3, 0.4) is 0 Å². The van der Waals surface area contributed by atoms with Gasteiger partial charge in [0.25, 0.3) is 0 Å². The van der Waals surface area contributed by atoms with Crippen LogP contribution in [0.4, 0.5) is 0 Å². The van der Waals surface area contributed by atoms with Crippen LogP contribution in [0.2, 0.25) is 0 Å². The summed E-state index contributed by atoms with van der Waals surface area (Å²) in [7, 11) is 0. The lowest BCUT2D eigenvalue weighted by Gasteiger charge is -2.24. The Balaban J connectivity index is 1.94. The van der Waals surface area contributed by atoms with Crippen LogP contribution < -0.4 is 5.32 Å². The number of ether oxygens (including phenoxy) is 2. The first-order valence-corrected chi connectivity index (χ1v) is 6.25. The van der Waals surface area contributed by atoms with Gasteiger partial charge in [0.1, 0.15) is 0 Å². The maximum Gasteiger partial charge on any atom is 0.0780 e. The Kier molecular flexibility index (Phi) is 6.98. The molecule has 0 radical (unpaired) electrons. The highest BCUT2D eigenvalue weighted by Crippen LogP contribution is 2.10. The quantitative estimate of drug-likeness (QED) is 0.704. The molecule has 1 aliphatic rings. The van der Waals surface area contributed by atoms with Crippen LogP contribution in [0.5, 0.6) is 0 Å². The number of hydrogen-bond acceptors (Lipinski definition) is 3. The predicted octanol–water partition coefficient (Wildman–Crippen LogP) is 1.96. The molecule has 0 amide bonds. The summed E-state index contributed by atoms with van der Waals surface area (Å²) in [6.45, 7) is 7.61. The van der Waals surface area contributed by atoms with E-state index in [2.05, 4.69) is 12.2 Å². The van der Waals surface area contributed by atoms with Crippen molar-refractivity contribution in [2.24, 2.45) is 0 Å². The van der Waals surface area contributed by atoms with Gasteiger partial charge in [-0.1, -0.05) is 6.42 Å². The van der Waals surface area contributed by atoms with Gasteiger partial charge in [-0.3, -0.25) is 0 Å². The average molecular weight is 215 g/mol. The molecule has 0 aromatic rings. The first-order chi connectivity index (χ1) is 7.33. The summed E-state index contributed by atoms with van der Waals surface area (Å²) in [5.41, 5.74) is 0. The van der Waals surface area contributed by atoms with Gasteiger partial charge in [-0.15, -0.1) is 0 Å². The van der Waals surface area contributed by atoms with Crippen molar-refractivity contribution in [2.75, 3.05) is 26.4 Å². The summed E-state index contributed by atoms with van der Waals surface area (Å²) < 4.78 is 11.0. The van der Waals surface area contributed by atoms with E-state index in [1.165, 1.54) is 25.8 Å². The van der Waals surface area contributed by atoms with E-state index < -0.39 is 0 Å². The molecule has 3 heteroatoms. The molecule has 0 aromatic heterocycles. The second kappa shape index (κ2) is 8.08. The van der Waals surface area contributed by atoms with Crippen molar-refractivity contribution in [1.29, 1.82) is 0 Å². The van der Waals surface area contributed by atoms with Crippen molar-refractivity contribution >= 4 is 0 Å². The third kappa shape index (κ3) is 6.13. The Morgan fingerprint density at radius 1 is 1.40 bits per heavy atom. The van der Waals surface area contributed by atoms with Crippen molar-refractivity contribution in [3.05, 3.63) is 0 Å². The fourth-order valence-corrected chi connectivity index (χ4v) is 1.91. The molecule has 1 fully saturated rings. The average Bonchev–Trinajstić information content (AvgIpc) is 2.28. The van der Waals surface area contributed by atoms with Crippen molar-refractivity contribution in [2.45, 2.75) is 51.7 Å². The molecule has 0 aromatic carbocycles. The van der Waals surface area contributed by atoms with Crippen LogP contribution in [-0.4, -0.2) is 38.5 Å². The molecular weight excluding hydrogens is 190 g/mol. The zero-order chi connectivity index (χ0) is 10.9. The van der Waals surface area contributed by atoms with Gasteiger partial charge in [-0.05, 0) is 39.7 Å². The second-order valence-corrected chi connectivity index (χ2v) is 4.28. The Bertz CT molecular complexity index is 147. The van der Waals surface area contributed by atoms with Crippen LogP contribution in [0.1, 0.15) is 39.5 Å². The van der Waals surface area contributed by atoms with Gasteiger partial charge in [0, 0.05) is 19.3 Å². The lowest BCUT2D eigenvalue weighted by molar-refractivity contribution is -0.00686. The fraction of sp³-hybridized carbons (Fsp3) is 1.00. The molecule has 90 valence electrons. The van der Waals surface area contributed by atoms with Gasteiger partial charge in [0.2, 0.25) is 0 Å². The SMILES string of the molecule is CCOCC(C)OCCC1CCCCN1. The molecule has 1 heterocycles. The maximum atomic E-state index is 5.68. The molecular formula is C12H25NO2. The largest absolute Gasteiger partial charge is 0.379 e. The Labute approximate surface area is 93.5 Å². The molecule has 2 atom stereocenters. The van der Waals surface area contributed by atoms with Crippen LogP contribution in [0.15, 0.2) is 0 Å². The number of piperidine rings is 1. The normalized spacial score (nSPS) is 24.0. The van der Waals surface area contributed by atoms with Gasteiger partial charge in [-0.25, -0.2) is 0 Å². The van der Waals surface area contributed by atoms with Gasteiger partial charge < -0.3 is 14.8 Å². The van der Waals surface area contributed by atoms with Gasteiger partial charge >= 0.3 is 0 Å². The number of nitrogens with one attached hydrogen (secondary N) is 1. The van der Waals surface area contributed by atoms with E-state index in [0.717, 1.165) is 19.6 Å². The lowest BCUT2D eigenvalue weighted by atomic mass is 10.0. The van der Waals surface area contributed by atoms with Crippen molar-refractivity contribution < 1.29 is 9.47 Å². The van der Waals surface area contributed by atoms with E-state index >= 15 is 0 Å². The number of rotatable bonds is 7. The highest BCUT2D eigenvalue weighted by atomic mass is 16.5.